The molecule has 1 spiro atoms. The van der Waals surface area contributed by atoms with Gasteiger partial charge in [-0.3, -0.25) is 4.79 Å². The van der Waals surface area contributed by atoms with Gasteiger partial charge in [-0.25, -0.2) is 13.4 Å². The van der Waals surface area contributed by atoms with E-state index >= 15 is 0 Å². The zero-order chi connectivity index (χ0) is 17.5. The average molecular weight is 360 g/mol. The van der Waals surface area contributed by atoms with Gasteiger partial charge < -0.3 is 10.1 Å². The Morgan fingerprint density at radius 2 is 2.00 bits per heavy atom. The van der Waals surface area contributed by atoms with E-state index in [1.165, 1.54) is 13.0 Å². The summed E-state index contributed by atoms with van der Waals surface area (Å²) in [7, 11) is -3.92. The van der Waals surface area contributed by atoms with Gasteiger partial charge in [0.1, 0.15) is 5.25 Å². The molecule has 1 aliphatic heterocycles. The second-order valence-corrected chi connectivity index (χ2v) is 8.29. The molecule has 1 unspecified atom stereocenters. The van der Waals surface area contributed by atoms with Crippen molar-refractivity contribution >= 4 is 15.6 Å². The molecule has 9 heteroatoms. The average Bonchev–Trinajstić information content (AvgIpc) is 2.46. The normalized spacial score (nSPS) is 23.3. The number of sulfone groups is 1. The fourth-order valence-corrected chi connectivity index (χ4v) is 6.09. The zero-order valence-corrected chi connectivity index (χ0v) is 13.9. The highest BCUT2D eigenvalue weighted by molar-refractivity contribution is 7.93. The van der Waals surface area contributed by atoms with Crippen molar-refractivity contribution in [1.82, 2.24) is 10.3 Å². The third-order valence-electron chi connectivity index (χ3n) is 4.81. The topological polar surface area (TPSA) is 85.4 Å². The zero-order valence-electron chi connectivity index (χ0n) is 13.1. The van der Waals surface area contributed by atoms with Crippen molar-refractivity contribution in [2.24, 2.45) is 5.41 Å². The van der Waals surface area contributed by atoms with Gasteiger partial charge in [-0.2, -0.15) is 8.78 Å². The summed E-state index contributed by atoms with van der Waals surface area (Å²) in [6.07, 6.45) is 1.53. The molecule has 132 valence electrons. The predicted octanol–water partition coefficient (Wildman–Crippen LogP) is 1.48. The highest BCUT2D eigenvalue weighted by atomic mass is 32.2. The Hall–Kier alpha value is -1.61. The molecule has 1 aromatic rings. The molecule has 1 atom stereocenters. The number of Topliss-reactive ketones (excluding diaryl/α,β-unsaturated/α-hetero) is 1. The first kappa shape index (κ1) is 17.2. The van der Waals surface area contributed by atoms with E-state index in [0.717, 1.165) is 6.07 Å². The van der Waals surface area contributed by atoms with Crippen LogP contribution in [-0.2, 0) is 14.6 Å². The van der Waals surface area contributed by atoms with Crippen molar-refractivity contribution < 1.29 is 26.7 Å². The smallest absolute Gasteiger partial charge is 0.388 e. The molecule has 1 aliphatic carbocycles. The van der Waals surface area contributed by atoms with Crippen LogP contribution >= 0.6 is 0 Å². The van der Waals surface area contributed by atoms with E-state index in [1.54, 1.807) is 0 Å². The largest absolute Gasteiger partial charge is 0.417 e. The standard InChI is InChI=1S/C15H18F2N2O4S/c1-9-11(2-3-12(19-9)23-14(16)17)24(21,22)13-10(20)8-15(13)4-6-18-7-5-15/h2-3,13-14,18H,4-8H2,1H3. The number of nitrogens with one attached hydrogen (secondary N) is 1. The number of aryl methyl sites for hydroxylation is 1. The van der Waals surface area contributed by atoms with Gasteiger partial charge in [-0.1, -0.05) is 0 Å². The van der Waals surface area contributed by atoms with Crippen molar-refractivity contribution in [3.05, 3.63) is 17.8 Å². The van der Waals surface area contributed by atoms with E-state index in [4.69, 9.17) is 0 Å². The third-order valence-corrected chi connectivity index (χ3v) is 7.24. The van der Waals surface area contributed by atoms with Crippen LogP contribution in [0.2, 0.25) is 0 Å². The minimum absolute atomic E-state index is 0.0527. The van der Waals surface area contributed by atoms with Crippen LogP contribution in [0.4, 0.5) is 8.78 Å². The molecule has 1 saturated heterocycles. The molecule has 0 amide bonds. The molecule has 2 fully saturated rings. The van der Waals surface area contributed by atoms with Crippen molar-refractivity contribution in [3.8, 4) is 5.88 Å². The summed E-state index contributed by atoms with van der Waals surface area (Å²) in [4.78, 5) is 15.8. The Labute approximate surface area is 138 Å². The van der Waals surface area contributed by atoms with Gasteiger partial charge >= 0.3 is 6.61 Å². The number of halogens is 2. The van der Waals surface area contributed by atoms with Gasteiger partial charge in [-0.15, -0.1) is 0 Å². The number of pyridine rings is 1. The highest BCUT2D eigenvalue weighted by Gasteiger charge is 2.60. The number of piperidine rings is 1. The number of aromatic nitrogens is 1. The highest BCUT2D eigenvalue weighted by Crippen LogP contribution is 2.50. The molecule has 1 saturated carbocycles. The number of hydrogen-bond donors (Lipinski definition) is 1. The third kappa shape index (κ3) is 2.79. The molecular formula is C15H18F2N2O4S. The summed E-state index contributed by atoms with van der Waals surface area (Å²) in [6, 6.07) is 2.28. The Balaban J connectivity index is 1.94. The number of alkyl halides is 2. The summed E-state index contributed by atoms with van der Waals surface area (Å²) in [6.45, 7) is -0.274. The van der Waals surface area contributed by atoms with Gasteiger partial charge in [0.15, 0.2) is 15.6 Å². The minimum Gasteiger partial charge on any atom is -0.417 e. The summed E-state index contributed by atoms with van der Waals surface area (Å²) in [5.74, 6) is -0.637. The van der Waals surface area contributed by atoms with Crippen molar-refractivity contribution in [2.75, 3.05) is 13.1 Å². The first-order valence-electron chi connectivity index (χ1n) is 7.66. The lowest BCUT2D eigenvalue weighted by atomic mass is 9.62. The second kappa shape index (κ2) is 6.03. The maximum absolute atomic E-state index is 13.0. The van der Waals surface area contributed by atoms with Crippen LogP contribution in [0.15, 0.2) is 17.0 Å². The summed E-state index contributed by atoms with van der Waals surface area (Å²) >= 11 is 0. The molecule has 0 bridgehead atoms. The van der Waals surface area contributed by atoms with E-state index in [2.05, 4.69) is 15.0 Å². The molecule has 0 radical (unpaired) electrons. The quantitative estimate of drug-likeness (QED) is 0.875. The van der Waals surface area contributed by atoms with Crippen LogP contribution in [0.3, 0.4) is 0 Å². The molecule has 1 N–H and O–H groups in total. The summed E-state index contributed by atoms with van der Waals surface area (Å²) in [5, 5.41) is 2.09. The Morgan fingerprint density at radius 1 is 1.33 bits per heavy atom. The number of hydrogen-bond acceptors (Lipinski definition) is 6. The molecule has 0 aromatic carbocycles. The maximum Gasteiger partial charge on any atom is 0.388 e. The van der Waals surface area contributed by atoms with Gasteiger partial charge in [0.25, 0.3) is 0 Å². The molecular weight excluding hydrogens is 342 g/mol. The Kier molecular flexibility index (Phi) is 4.33. The van der Waals surface area contributed by atoms with E-state index in [0.29, 0.717) is 25.9 Å². The van der Waals surface area contributed by atoms with Crippen LogP contribution in [0.25, 0.3) is 0 Å². The van der Waals surface area contributed by atoms with Gasteiger partial charge in [-0.05, 0) is 38.9 Å². The first-order valence-corrected chi connectivity index (χ1v) is 9.21. The number of ketones is 1. The lowest BCUT2D eigenvalue weighted by molar-refractivity contribution is -0.133. The van der Waals surface area contributed by atoms with Crippen LogP contribution in [0, 0.1) is 12.3 Å². The first-order chi connectivity index (χ1) is 11.3. The van der Waals surface area contributed by atoms with Crippen molar-refractivity contribution in [3.63, 3.8) is 0 Å². The van der Waals surface area contributed by atoms with E-state index in [1.807, 2.05) is 0 Å². The lowest BCUT2D eigenvalue weighted by Gasteiger charge is -2.49. The fourth-order valence-electron chi connectivity index (χ4n) is 3.72. The Morgan fingerprint density at radius 3 is 2.54 bits per heavy atom. The van der Waals surface area contributed by atoms with Gasteiger partial charge in [0.2, 0.25) is 5.88 Å². The molecule has 24 heavy (non-hydrogen) atoms. The van der Waals surface area contributed by atoms with Crippen molar-refractivity contribution in [2.45, 2.75) is 42.9 Å². The number of rotatable bonds is 4. The molecule has 6 nitrogen and oxygen atoms in total. The minimum atomic E-state index is -3.92. The van der Waals surface area contributed by atoms with E-state index < -0.39 is 27.1 Å². The van der Waals surface area contributed by atoms with Gasteiger partial charge in [0, 0.05) is 17.9 Å². The second-order valence-electron chi connectivity index (χ2n) is 6.29. The van der Waals surface area contributed by atoms with Crippen LogP contribution in [0.1, 0.15) is 25.0 Å². The SMILES string of the molecule is Cc1nc(OC(F)F)ccc1S(=O)(=O)C1C(=O)CC12CCNCC2. The number of carbonyl (C=O) groups excluding carboxylic acids is 1. The molecule has 2 aliphatic rings. The summed E-state index contributed by atoms with van der Waals surface area (Å²) < 4.78 is 54.6. The molecule has 1 aromatic heterocycles. The van der Waals surface area contributed by atoms with Crippen LogP contribution in [0.5, 0.6) is 5.88 Å². The Bertz CT molecular complexity index is 761. The molecule has 3 rings (SSSR count). The summed E-state index contributed by atoms with van der Waals surface area (Å²) in [5.41, 5.74) is -0.469. The van der Waals surface area contributed by atoms with Crippen LogP contribution in [-0.4, -0.2) is 44.1 Å². The van der Waals surface area contributed by atoms with Gasteiger partial charge in [0.05, 0.1) is 10.6 Å². The number of carbonyl (C=O) groups is 1. The molecule has 2 heterocycles. The lowest BCUT2D eigenvalue weighted by Crippen LogP contribution is -2.60. The monoisotopic (exact) mass is 360 g/mol. The van der Waals surface area contributed by atoms with Crippen molar-refractivity contribution in [1.29, 1.82) is 0 Å². The number of nitrogens with zero attached hydrogens (tertiary/aromatic N) is 1. The van der Waals surface area contributed by atoms with E-state index in [9.17, 15) is 22.0 Å². The maximum atomic E-state index is 13.0. The van der Waals surface area contributed by atoms with Crippen LogP contribution < -0.4 is 10.1 Å². The predicted molar refractivity (Wildman–Crippen MR) is 80.7 cm³/mol. The number of ether oxygens (including phenoxy) is 1. The van der Waals surface area contributed by atoms with E-state index in [-0.39, 0.29) is 28.7 Å². The fraction of sp³-hybridized carbons (Fsp3) is 0.600.